The smallest absolute Gasteiger partial charge is 0.314 e. The molecule has 0 aliphatic heterocycles. The van der Waals surface area contributed by atoms with Crippen LogP contribution in [-0.2, 0) is 16.0 Å². The summed E-state index contributed by atoms with van der Waals surface area (Å²) < 4.78 is 0. The van der Waals surface area contributed by atoms with Crippen molar-refractivity contribution < 1.29 is 14.7 Å². The van der Waals surface area contributed by atoms with Crippen molar-refractivity contribution in [1.82, 2.24) is 0 Å². The highest BCUT2D eigenvalue weighted by atomic mass is 32.1. The van der Waals surface area contributed by atoms with Gasteiger partial charge in [-0.3, -0.25) is 9.59 Å². The molecule has 1 aromatic heterocycles. The Morgan fingerprint density at radius 2 is 2.31 bits per heavy atom. The van der Waals surface area contributed by atoms with E-state index >= 15 is 0 Å². The van der Waals surface area contributed by atoms with Crippen LogP contribution in [-0.4, -0.2) is 16.9 Å². The zero-order valence-corrected chi connectivity index (χ0v) is 8.00. The van der Waals surface area contributed by atoms with E-state index in [0.717, 1.165) is 4.88 Å². The van der Waals surface area contributed by atoms with Crippen LogP contribution < -0.4 is 0 Å². The van der Waals surface area contributed by atoms with E-state index in [2.05, 4.69) is 0 Å². The quantitative estimate of drug-likeness (QED) is 0.747. The molecule has 3 nitrogen and oxygen atoms in total. The molecule has 13 heavy (non-hydrogen) atoms. The monoisotopic (exact) mass is 198 g/mol. The summed E-state index contributed by atoms with van der Waals surface area (Å²) in [7, 11) is 0. The van der Waals surface area contributed by atoms with Crippen molar-refractivity contribution in [2.24, 2.45) is 5.92 Å². The lowest BCUT2D eigenvalue weighted by molar-refractivity contribution is -0.145. The predicted molar refractivity (Wildman–Crippen MR) is 49.8 cm³/mol. The van der Waals surface area contributed by atoms with E-state index in [9.17, 15) is 9.59 Å². The number of hydrogen-bond acceptors (Lipinski definition) is 3. The first-order valence-electron chi connectivity index (χ1n) is 3.87. The largest absolute Gasteiger partial charge is 0.481 e. The molecule has 0 saturated heterocycles. The van der Waals surface area contributed by atoms with Crippen LogP contribution in [0.2, 0.25) is 0 Å². The van der Waals surface area contributed by atoms with Crippen molar-refractivity contribution >= 4 is 23.1 Å². The molecule has 0 aliphatic carbocycles. The second-order valence-corrected chi connectivity index (χ2v) is 3.82. The van der Waals surface area contributed by atoms with Gasteiger partial charge in [-0.05, 0) is 18.4 Å². The number of ketones is 1. The van der Waals surface area contributed by atoms with Crippen LogP contribution >= 0.6 is 11.3 Å². The zero-order chi connectivity index (χ0) is 9.84. The van der Waals surface area contributed by atoms with E-state index in [1.54, 1.807) is 0 Å². The average molecular weight is 198 g/mol. The summed E-state index contributed by atoms with van der Waals surface area (Å²) in [6.07, 6.45) is 0.308. The lowest BCUT2D eigenvalue weighted by Crippen LogP contribution is -2.23. The van der Waals surface area contributed by atoms with Crippen LogP contribution in [0.4, 0.5) is 0 Å². The molecule has 4 heteroatoms. The third-order valence-corrected chi connectivity index (χ3v) is 2.67. The summed E-state index contributed by atoms with van der Waals surface area (Å²) in [5.74, 6) is -2.22. The third kappa shape index (κ3) is 2.66. The fourth-order valence-electron chi connectivity index (χ4n) is 1.03. The van der Waals surface area contributed by atoms with E-state index in [1.165, 1.54) is 18.3 Å². The van der Waals surface area contributed by atoms with Gasteiger partial charge in [-0.2, -0.15) is 0 Å². The van der Waals surface area contributed by atoms with E-state index in [1.807, 2.05) is 17.5 Å². The number of Topliss-reactive ketones (excluding diaryl/α,β-unsaturated/α-hetero) is 1. The molecule has 1 rings (SSSR count). The van der Waals surface area contributed by atoms with Gasteiger partial charge in [0.25, 0.3) is 0 Å². The van der Waals surface area contributed by atoms with Gasteiger partial charge in [-0.15, -0.1) is 11.3 Å². The first kappa shape index (κ1) is 9.92. The molecule has 0 amide bonds. The van der Waals surface area contributed by atoms with Gasteiger partial charge in [0.2, 0.25) is 0 Å². The van der Waals surface area contributed by atoms with Crippen LogP contribution in [0.15, 0.2) is 17.5 Å². The summed E-state index contributed by atoms with van der Waals surface area (Å²) in [4.78, 5) is 22.5. The number of rotatable bonds is 4. The fourth-order valence-corrected chi connectivity index (χ4v) is 1.79. The molecule has 0 fully saturated rings. The Labute approximate surface area is 80.0 Å². The van der Waals surface area contributed by atoms with Crippen LogP contribution in [0, 0.1) is 5.92 Å². The average Bonchev–Trinajstić information content (AvgIpc) is 2.50. The van der Waals surface area contributed by atoms with Crippen molar-refractivity contribution in [3.05, 3.63) is 22.4 Å². The Hall–Kier alpha value is -1.16. The Morgan fingerprint density at radius 1 is 1.62 bits per heavy atom. The lowest BCUT2D eigenvalue weighted by Gasteiger charge is -2.05. The molecule has 0 radical (unpaired) electrons. The molecular weight excluding hydrogens is 188 g/mol. The minimum Gasteiger partial charge on any atom is -0.481 e. The Balaban J connectivity index is 2.69. The summed E-state index contributed by atoms with van der Waals surface area (Å²) in [6.45, 7) is 1.31. The minimum atomic E-state index is -1.04. The summed E-state index contributed by atoms with van der Waals surface area (Å²) in [6, 6.07) is 3.68. The molecule has 1 unspecified atom stereocenters. The normalized spacial score (nSPS) is 12.4. The van der Waals surface area contributed by atoms with Crippen LogP contribution in [0.3, 0.4) is 0 Å². The number of thiophene rings is 1. The van der Waals surface area contributed by atoms with Gasteiger partial charge in [0, 0.05) is 11.3 Å². The minimum absolute atomic E-state index is 0.291. The lowest BCUT2D eigenvalue weighted by atomic mass is 10.0. The van der Waals surface area contributed by atoms with Crippen molar-refractivity contribution in [3.63, 3.8) is 0 Å². The summed E-state index contributed by atoms with van der Waals surface area (Å²) in [5.41, 5.74) is 0. The summed E-state index contributed by atoms with van der Waals surface area (Å²) in [5, 5.41) is 10.6. The standard InChI is InChI=1S/C9H10O3S/c1-6(10)8(9(11)12)5-7-3-2-4-13-7/h2-4,8H,5H2,1H3,(H,11,12). The molecule has 0 spiro atoms. The first-order valence-corrected chi connectivity index (χ1v) is 4.75. The maximum atomic E-state index is 10.9. The van der Waals surface area contributed by atoms with Crippen molar-refractivity contribution in [2.75, 3.05) is 0 Å². The highest BCUT2D eigenvalue weighted by Crippen LogP contribution is 2.15. The van der Waals surface area contributed by atoms with Gasteiger partial charge in [-0.1, -0.05) is 6.07 Å². The number of carbonyl (C=O) groups is 2. The second kappa shape index (κ2) is 4.18. The molecule has 1 N–H and O–H groups in total. The highest BCUT2D eigenvalue weighted by molar-refractivity contribution is 7.09. The van der Waals surface area contributed by atoms with E-state index in [4.69, 9.17) is 5.11 Å². The van der Waals surface area contributed by atoms with Crippen molar-refractivity contribution in [2.45, 2.75) is 13.3 Å². The topological polar surface area (TPSA) is 54.4 Å². The van der Waals surface area contributed by atoms with Gasteiger partial charge < -0.3 is 5.11 Å². The van der Waals surface area contributed by atoms with Gasteiger partial charge in [0.1, 0.15) is 11.7 Å². The number of carboxylic acid groups (broad SMARTS) is 1. The maximum absolute atomic E-state index is 10.9. The number of carboxylic acids is 1. The fraction of sp³-hybridized carbons (Fsp3) is 0.333. The molecule has 0 saturated carbocycles. The van der Waals surface area contributed by atoms with Crippen molar-refractivity contribution in [1.29, 1.82) is 0 Å². The molecule has 0 aromatic carbocycles. The second-order valence-electron chi connectivity index (χ2n) is 2.78. The van der Waals surface area contributed by atoms with Gasteiger partial charge in [-0.25, -0.2) is 0 Å². The van der Waals surface area contributed by atoms with E-state index < -0.39 is 11.9 Å². The highest BCUT2D eigenvalue weighted by Gasteiger charge is 2.22. The first-order chi connectivity index (χ1) is 6.11. The number of aliphatic carboxylic acids is 1. The predicted octanol–water partition coefficient (Wildman–Crippen LogP) is 1.58. The molecular formula is C9H10O3S. The summed E-state index contributed by atoms with van der Waals surface area (Å²) >= 11 is 1.47. The molecule has 1 aromatic rings. The third-order valence-electron chi connectivity index (χ3n) is 1.77. The van der Waals surface area contributed by atoms with E-state index in [0.29, 0.717) is 6.42 Å². The number of carbonyl (C=O) groups excluding carboxylic acids is 1. The maximum Gasteiger partial charge on any atom is 0.314 e. The van der Waals surface area contributed by atoms with Crippen LogP contribution in [0.25, 0.3) is 0 Å². The Kier molecular flexibility index (Phi) is 3.19. The van der Waals surface area contributed by atoms with Gasteiger partial charge >= 0.3 is 5.97 Å². The van der Waals surface area contributed by atoms with Crippen LogP contribution in [0.1, 0.15) is 11.8 Å². The van der Waals surface area contributed by atoms with E-state index in [-0.39, 0.29) is 5.78 Å². The van der Waals surface area contributed by atoms with Crippen LogP contribution in [0.5, 0.6) is 0 Å². The van der Waals surface area contributed by atoms with Gasteiger partial charge in [0.05, 0.1) is 0 Å². The molecule has 70 valence electrons. The molecule has 1 atom stereocenters. The molecule has 1 heterocycles. The zero-order valence-electron chi connectivity index (χ0n) is 7.19. The number of hydrogen-bond donors (Lipinski definition) is 1. The SMILES string of the molecule is CC(=O)C(Cc1cccs1)C(=O)O. The molecule has 0 aliphatic rings. The molecule has 0 bridgehead atoms. The van der Waals surface area contributed by atoms with Gasteiger partial charge in [0.15, 0.2) is 0 Å². The van der Waals surface area contributed by atoms with Crippen molar-refractivity contribution in [3.8, 4) is 0 Å². The Morgan fingerprint density at radius 3 is 2.69 bits per heavy atom. The Bertz CT molecular complexity index is 289.